The number of rotatable bonds is 3. The van der Waals surface area contributed by atoms with Crippen LogP contribution in [0.15, 0.2) is 35.2 Å². The smallest absolute Gasteiger partial charge is 0.243 e. The summed E-state index contributed by atoms with van der Waals surface area (Å²) in [6.45, 7) is 5.57. The van der Waals surface area contributed by atoms with Crippen molar-refractivity contribution in [1.29, 1.82) is 0 Å². The van der Waals surface area contributed by atoms with Crippen LogP contribution < -0.4 is 0 Å². The first-order valence-electron chi connectivity index (χ1n) is 8.91. The number of nitrogens with zero attached hydrogens (tertiary/aromatic N) is 2. The van der Waals surface area contributed by atoms with Crippen molar-refractivity contribution in [2.45, 2.75) is 38.0 Å². The quantitative estimate of drug-likeness (QED) is 0.776. The molecule has 0 N–H and O–H groups in total. The minimum absolute atomic E-state index is 0.0629. The predicted molar refractivity (Wildman–Crippen MR) is 97.7 cm³/mol. The minimum atomic E-state index is -3.49. The van der Waals surface area contributed by atoms with Crippen LogP contribution >= 0.6 is 0 Å². The topological polar surface area (TPSA) is 57.7 Å². The van der Waals surface area contributed by atoms with E-state index in [2.05, 4.69) is 12.2 Å². The molecule has 6 heteroatoms. The Morgan fingerprint density at radius 1 is 1.04 bits per heavy atom. The van der Waals surface area contributed by atoms with Crippen LogP contribution in [0.1, 0.15) is 30.4 Å². The number of hydrogen-bond donors (Lipinski definition) is 0. The molecule has 2 aliphatic rings. The fraction of sp³-hybridized carbons (Fsp3) is 0.526. The number of sulfonamides is 1. The highest BCUT2D eigenvalue weighted by molar-refractivity contribution is 7.89. The monoisotopic (exact) mass is 362 g/mol. The third-order valence-corrected chi connectivity index (χ3v) is 7.18. The van der Waals surface area contributed by atoms with Crippen molar-refractivity contribution < 1.29 is 13.2 Å². The second-order valence-corrected chi connectivity index (χ2v) is 8.89. The zero-order chi connectivity index (χ0) is 18.0. The molecule has 0 bridgehead atoms. The lowest BCUT2D eigenvalue weighted by molar-refractivity contribution is -0.137. The van der Waals surface area contributed by atoms with Crippen LogP contribution in [0, 0.1) is 19.8 Å². The molecule has 0 unspecified atom stereocenters. The summed E-state index contributed by atoms with van der Waals surface area (Å²) in [5, 5.41) is 0. The van der Waals surface area contributed by atoms with Gasteiger partial charge in [-0.3, -0.25) is 4.79 Å². The molecule has 0 spiro atoms. The number of carbonyl (C=O) groups is 1. The molecule has 3 rings (SSSR count). The number of benzene rings is 1. The summed E-state index contributed by atoms with van der Waals surface area (Å²) < 4.78 is 27.2. The zero-order valence-electron chi connectivity index (χ0n) is 14.9. The van der Waals surface area contributed by atoms with Gasteiger partial charge in [-0.1, -0.05) is 18.2 Å². The zero-order valence-corrected chi connectivity index (χ0v) is 15.8. The minimum Gasteiger partial charge on any atom is -0.340 e. The first kappa shape index (κ1) is 18.1. The van der Waals surface area contributed by atoms with Crippen LogP contribution in [-0.4, -0.2) is 49.7 Å². The van der Waals surface area contributed by atoms with E-state index in [1.807, 2.05) is 24.8 Å². The Morgan fingerprint density at radius 3 is 2.36 bits per heavy atom. The molecule has 1 aliphatic carbocycles. The van der Waals surface area contributed by atoms with Crippen LogP contribution in [0.3, 0.4) is 0 Å². The molecule has 1 aromatic carbocycles. The number of amides is 1. The van der Waals surface area contributed by atoms with Gasteiger partial charge in [-0.15, -0.1) is 0 Å². The van der Waals surface area contributed by atoms with Gasteiger partial charge in [0.1, 0.15) is 0 Å². The standard InChI is InChI=1S/C19H26N2O3S/c1-15-8-9-18(14-16(15)2)25(23,24)21-12-10-20(11-13-21)19(22)17-6-4-3-5-7-17/h3-4,8-9,14,17H,5-7,10-13H2,1-2H3/t17-/m0/s1. The molecule has 1 saturated heterocycles. The SMILES string of the molecule is Cc1ccc(S(=O)(=O)N2CCN(C(=O)[C@H]3CC=CCC3)CC2)cc1C. The van der Waals surface area contributed by atoms with E-state index in [1.54, 1.807) is 12.1 Å². The fourth-order valence-corrected chi connectivity index (χ4v) is 4.96. The lowest BCUT2D eigenvalue weighted by Crippen LogP contribution is -2.51. The van der Waals surface area contributed by atoms with E-state index in [1.165, 1.54) is 4.31 Å². The number of aryl methyl sites for hydroxylation is 2. The van der Waals surface area contributed by atoms with Gasteiger partial charge in [-0.2, -0.15) is 4.31 Å². The van der Waals surface area contributed by atoms with E-state index in [-0.39, 0.29) is 11.8 Å². The predicted octanol–water partition coefficient (Wildman–Crippen LogP) is 2.49. The van der Waals surface area contributed by atoms with E-state index >= 15 is 0 Å². The molecule has 5 nitrogen and oxygen atoms in total. The molecule has 136 valence electrons. The van der Waals surface area contributed by atoms with Crippen molar-refractivity contribution in [1.82, 2.24) is 9.21 Å². The summed E-state index contributed by atoms with van der Waals surface area (Å²) in [5.74, 6) is 0.237. The second kappa shape index (κ2) is 7.30. The van der Waals surface area contributed by atoms with Gasteiger partial charge in [0.25, 0.3) is 0 Å². The van der Waals surface area contributed by atoms with Crippen molar-refractivity contribution in [3.63, 3.8) is 0 Å². The van der Waals surface area contributed by atoms with Gasteiger partial charge >= 0.3 is 0 Å². The van der Waals surface area contributed by atoms with Gasteiger partial charge in [0.15, 0.2) is 0 Å². The lowest BCUT2D eigenvalue weighted by Gasteiger charge is -2.36. The molecule has 1 fully saturated rings. The maximum Gasteiger partial charge on any atom is 0.243 e. The van der Waals surface area contributed by atoms with Crippen LogP contribution in [0.25, 0.3) is 0 Å². The van der Waals surface area contributed by atoms with Crippen LogP contribution in [0.2, 0.25) is 0 Å². The van der Waals surface area contributed by atoms with Crippen molar-refractivity contribution in [3.05, 3.63) is 41.5 Å². The van der Waals surface area contributed by atoms with E-state index in [9.17, 15) is 13.2 Å². The number of carbonyl (C=O) groups excluding carboxylic acids is 1. The molecular formula is C19H26N2O3S. The van der Waals surface area contributed by atoms with Crippen molar-refractivity contribution in [3.8, 4) is 0 Å². The van der Waals surface area contributed by atoms with Gasteiger partial charge in [-0.05, 0) is 56.4 Å². The van der Waals surface area contributed by atoms with E-state index < -0.39 is 10.0 Å². The Morgan fingerprint density at radius 2 is 1.76 bits per heavy atom. The summed E-state index contributed by atoms with van der Waals surface area (Å²) in [6.07, 6.45) is 6.86. The van der Waals surface area contributed by atoms with Crippen LogP contribution in [-0.2, 0) is 14.8 Å². The normalized spacial score (nSPS) is 22.2. The van der Waals surface area contributed by atoms with E-state index in [4.69, 9.17) is 0 Å². The van der Waals surface area contributed by atoms with Gasteiger partial charge in [-0.25, -0.2) is 8.42 Å². The van der Waals surface area contributed by atoms with Gasteiger partial charge < -0.3 is 4.90 Å². The van der Waals surface area contributed by atoms with E-state index in [0.717, 1.165) is 30.4 Å². The Kier molecular flexibility index (Phi) is 5.29. The Bertz CT molecular complexity index is 778. The maximum atomic E-state index is 12.8. The molecule has 0 radical (unpaired) electrons. The molecule has 0 saturated carbocycles. The van der Waals surface area contributed by atoms with Crippen LogP contribution in [0.4, 0.5) is 0 Å². The van der Waals surface area contributed by atoms with Crippen molar-refractivity contribution in [2.24, 2.45) is 5.92 Å². The third-order valence-electron chi connectivity index (χ3n) is 5.28. The van der Waals surface area contributed by atoms with Gasteiger partial charge in [0, 0.05) is 32.1 Å². The van der Waals surface area contributed by atoms with Crippen molar-refractivity contribution in [2.75, 3.05) is 26.2 Å². The molecule has 1 heterocycles. The Balaban J connectivity index is 1.65. The average Bonchev–Trinajstić information content (AvgIpc) is 2.64. The van der Waals surface area contributed by atoms with Gasteiger partial charge in [0.05, 0.1) is 4.90 Å². The summed E-state index contributed by atoms with van der Waals surface area (Å²) in [5.41, 5.74) is 2.05. The maximum absolute atomic E-state index is 12.8. The first-order chi connectivity index (χ1) is 11.9. The molecule has 0 aromatic heterocycles. The molecular weight excluding hydrogens is 336 g/mol. The van der Waals surface area contributed by atoms with E-state index in [0.29, 0.717) is 31.1 Å². The highest BCUT2D eigenvalue weighted by Gasteiger charge is 2.32. The largest absolute Gasteiger partial charge is 0.340 e. The summed E-state index contributed by atoms with van der Waals surface area (Å²) in [4.78, 5) is 14.8. The molecule has 1 atom stereocenters. The second-order valence-electron chi connectivity index (χ2n) is 6.96. The van der Waals surface area contributed by atoms with Crippen LogP contribution in [0.5, 0.6) is 0 Å². The number of hydrogen-bond acceptors (Lipinski definition) is 3. The number of piperazine rings is 1. The summed E-state index contributed by atoms with van der Waals surface area (Å²) in [7, 11) is -3.49. The average molecular weight is 362 g/mol. The molecule has 1 aliphatic heterocycles. The van der Waals surface area contributed by atoms with Crippen molar-refractivity contribution >= 4 is 15.9 Å². The first-order valence-corrected chi connectivity index (χ1v) is 10.3. The Hall–Kier alpha value is -1.66. The number of allylic oxidation sites excluding steroid dienone is 2. The molecule has 1 amide bonds. The summed E-state index contributed by atoms with van der Waals surface area (Å²) >= 11 is 0. The fourth-order valence-electron chi connectivity index (χ4n) is 3.45. The highest BCUT2D eigenvalue weighted by atomic mass is 32.2. The lowest BCUT2D eigenvalue weighted by atomic mass is 9.93. The highest BCUT2D eigenvalue weighted by Crippen LogP contribution is 2.23. The summed E-state index contributed by atoms with van der Waals surface area (Å²) in [6, 6.07) is 5.25. The third kappa shape index (κ3) is 3.80. The Labute approximate surface area is 150 Å². The van der Waals surface area contributed by atoms with Gasteiger partial charge in [0.2, 0.25) is 15.9 Å². The molecule has 1 aromatic rings. The molecule has 25 heavy (non-hydrogen) atoms.